The Kier molecular flexibility index (Phi) is 4.22. The van der Waals surface area contributed by atoms with Crippen molar-refractivity contribution in [3.8, 4) is 5.75 Å². The molecule has 1 amide bonds. The lowest BCUT2D eigenvalue weighted by atomic mass is 10.3. The van der Waals surface area contributed by atoms with Gasteiger partial charge in [0.2, 0.25) is 5.91 Å². The zero-order valence-corrected chi connectivity index (χ0v) is 14.6. The van der Waals surface area contributed by atoms with Gasteiger partial charge < -0.3 is 14.5 Å². The van der Waals surface area contributed by atoms with Gasteiger partial charge in [-0.25, -0.2) is 14.6 Å². The zero-order valence-electron chi connectivity index (χ0n) is 13.8. The molecule has 0 saturated carbocycles. The lowest BCUT2D eigenvalue weighted by Crippen LogP contribution is -2.49. The Labute approximate surface area is 148 Å². The van der Waals surface area contributed by atoms with Crippen LogP contribution >= 0.6 is 11.3 Å². The topological polar surface area (TPSA) is 76.4 Å². The van der Waals surface area contributed by atoms with Crippen molar-refractivity contribution in [3.63, 3.8) is 0 Å². The van der Waals surface area contributed by atoms with Gasteiger partial charge in [-0.15, -0.1) is 0 Å². The lowest BCUT2D eigenvalue weighted by Gasteiger charge is -2.34. The summed E-state index contributed by atoms with van der Waals surface area (Å²) in [4.78, 5) is 25.0. The Morgan fingerprint density at radius 2 is 2.12 bits per heavy atom. The molecule has 0 aliphatic carbocycles. The number of thiazole rings is 1. The van der Waals surface area contributed by atoms with Crippen molar-refractivity contribution < 1.29 is 9.53 Å². The van der Waals surface area contributed by atoms with Gasteiger partial charge in [-0.3, -0.25) is 4.79 Å². The van der Waals surface area contributed by atoms with Crippen molar-refractivity contribution in [1.29, 1.82) is 0 Å². The average molecular weight is 358 g/mol. The summed E-state index contributed by atoms with van der Waals surface area (Å²) in [6.45, 7) is 3.17. The maximum Gasteiger partial charge on any atom is 0.244 e. The average Bonchev–Trinajstić information content (AvgIpc) is 3.30. The van der Waals surface area contributed by atoms with Crippen LogP contribution in [0, 0.1) is 0 Å². The summed E-state index contributed by atoms with van der Waals surface area (Å²) in [6.07, 6.45) is 3.00. The molecule has 0 atom stereocenters. The highest BCUT2D eigenvalue weighted by Crippen LogP contribution is 2.31. The number of nitrogens with zero attached hydrogens (tertiary/aromatic N) is 6. The maximum absolute atomic E-state index is 12.3. The van der Waals surface area contributed by atoms with Crippen molar-refractivity contribution in [2.45, 2.75) is 6.54 Å². The molecule has 0 radical (unpaired) electrons. The Morgan fingerprint density at radius 3 is 2.84 bits per heavy atom. The van der Waals surface area contributed by atoms with Gasteiger partial charge in [0.1, 0.15) is 24.9 Å². The summed E-state index contributed by atoms with van der Waals surface area (Å²) in [5.74, 6) is 0.908. The minimum absolute atomic E-state index is 0.0687. The molecule has 9 heteroatoms. The summed E-state index contributed by atoms with van der Waals surface area (Å²) >= 11 is 1.66. The molecule has 1 aliphatic heterocycles. The summed E-state index contributed by atoms with van der Waals surface area (Å²) in [6, 6.07) is 5.91. The summed E-state index contributed by atoms with van der Waals surface area (Å²) in [5.41, 5.74) is 0.977. The van der Waals surface area contributed by atoms with Gasteiger partial charge in [0.25, 0.3) is 0 Å². The number of piperazine rings is 1. The van der Waals surface area contributed by atoms with Crippen molar-refractivity contribution in [2.24, 2.45) is 0 Å². The van der Waals surface area contributed by atoms with E-state index in [2.05, 4.69) is 15.0 Å². The fraction of sp³-hybridized carbons (Fsp3) is 0.375. The highest BCUT2D eigenvalue weighted by Gasteiger charge is 2.23. The standard InChI is InChI=1S/C16H18N6O2S/c1-24-12-2-3-13-14(8-12)25-16(19-13)21-6-4-20(5-7-21)15(23)9-22-11-17-10-18-22/h2-3,8,10-11H,4-7,9H2,1H3. The van der Waals surface area contributed by atoms with Crippen LogP contribution in [0.2, 0.25) is 0 Å². The third kappa shape index (κ3) is 3.27. The molecule has 0 unspecified atom stereocenters. The molecule has 3 heterocycles. The van der Waals surface area contributed by atoms with Crippen molar-refractivity contribution in [2.75, 3.05) is 38.2 Å². The van der Waals surface area contributed by atoms with Crippen LogP contribution in [0.4, 0.5) is 5.13 Å². The molecular formula is C16H18N6O2S. The van der Waals surface area contributed by atoms with Crippen LogP contribution in [0.25, 0.3) is 10.2 Å². The molecule has 2 aromatic heterocycles. The van der Waals surface area contributed by atoms with E-state index in [1.54, 1.807) is 29.5 Å². The minimum atomic E-state index is 0.0687. The molecule has 8 nitrogen and oxygen atoms in total. The van der Waals surface area contributed by atoms with Crippen molar-refractivity contribution in [3.05, 3.63) is 30.9 Å². The smallest absolute Gasteiger partial charge is 0.244 e. The molecule has 1 saturated heterocycles. The van der Waals surface area contributed by atoms with Crippen LogP contribution < -0.4 is 9.64 Å². The second kappa shape index (κ2) is 6.67. The minimum Gasteiger partial charge on any atom is -0.497 e. The summed E-state index contributed by atoms with van der Waals surface area (Å²) in [5, 5.41) is 4.97. The molecule has 1 fully saturated rings. The number of hydrogen-bond acceptors (Lipinski definition) is 7. The van der Waals surface area contributed by atoms with E-state index in [-0.39, 0.29) is 12.5 Å². The van der Waals surface area contributed by atoms with Gasteiger partial charge in [0.15, 0.2) is 5.13 Å². The molecule has 4 rings (SSSR count). The molecular weight excluding hydrogens is 340 g/mol. The van der Waals surface area contributed by atoms with Crippen LogP contribution in [0.1, 0.15) is 0 Å². The highest BCUT2D eigenvalue weighted by molar-refractivity contribution is 7.22. The first kappa shape index (κ1) is 15.8. The predicted molar refractivity (Wildman–Crippen MR) is 95.0 cm³/mol. The van der Waals surface area contributed by atoms with E-state index in [9.17, 15) is 4.79 Å². The van der Waals surface area contributed by atoms with Gasteiger partial charge in [-0.05, 0) is 18.2 Å². The number of benzene rings is 1. The number of carbonyl (C=O) groups is 1. The van der Waals surface area contributed by atoms with E-state index in [4.69, 9.17) is 9.72 Å². The molecule has 0 bridgehead atoms. The Hall–Kier alpha value is -2.68. The fourth-order valence-corrected chi connectivity index (χ4v) is 3.90. The normalized spacial score (nSPS) is 14.9. The monoisotopic (exact) mass is 358 g/mol. The second-order valence-corrected chi connectivity index (χ2v) is 6.80. The van der Waals surface area contributed by atoms with Crippen LogP contribution in [0.3, 0.4) is 0 Å². The van der Waals surface area contributed by atoms with Crippen LogP contribution in [-0.2, 0) is 11.3 Å². The van der Waals surface area contributed by atoms with Crippen molar-refractivity contribution in [1.82, 2.24) is 24.6 Å². The number of hydrogen-bond donors (Lipinski definition) is 0. The molecule has 25 heavy (non-hydrogen) atoms. The van der Waals surface area contributed by atoms with E-state index in [0.29, 0.717) is 13.1 Å². The molecule has 1 aromatic carbocycles. The van der Waals surface area contributed by atoms with E-state index in [1.807, 2.05) is 23.1 Å². The third-order valence-corrected chi connectivity index (χ3v) is 5.33. The quantitative estimate of drug-likeness (QED) is 0.699. The first-order valence-corrected chi connectivity index (χ1v) is 8.84. The SMILES string of the molecule is COc1ccc2nc(N3CCN(C(=O)Cn4cncn4)CC3)sc2c1. The largest absolute Gasteiger partial charge is 0.497 e. The Morgan fingerprint density at radius 1 is 1.28 bits per heavy atom. The van der Waals surface area contributed by atoms with E-state index in [0.717, 1.165) is 34.2 Å². The zero-order chi connectivity index (χ0) is 17.2. The lowest BCUT2D eigenvalue weighted by molar-refractivity contribution is -0.132. The van der Waals surface area contributed by atoms with Gasteiger partial charge in [-0.2, -0.15) is 5.10 Å². The van der Waals surface area contributed by atoms with Crippen molar-refractivity contribution >= 4 is 32.6 Å². The molecule has 3 aromatic rings. The number of methoxy groups -OCH3 is 1. The first-order chi connectivity index (χ1) is 12.2. The number of aromatic nitrogens is 4. The Bertz CT molecular complexity index is 870. The van der Waals surface area contributed by atoms with Gasteiger partial charge >= 0.3 is 0 Å². The maximum atomic E-state index is 12.3. The van der Waals surface area contributed by atoms with Crippen LogP contribution in [0.5, 0.6) is 5.75 Å². The van der Waals surface area contributed by atoms with E-state index in [1.165, 1.54) is 6.33 Å². The number of fused-ring (bicyclic) bond motifs is 1. The third-order valence-electron chi connectivity index (χ3n) is 4.25. The van der Waals surface area contributed by atoms with Gasteiger partial charge in [0, 0.05) is 26.2 Å². The van der Waals surface area contributed by atoms with E-state index >= 15 is 0 Å². The first-order valence-electron chi connectivity index (χ1n) is 8.02. The van der Waals surface area contributed by atoms with Crippen LogP contribution in [-0.4, -0.2) is 63.8 Å². The highest BCUT2D eigenvalue weighted by atomic mass is 32.1. The summed E-state index contributed by atoms with van der Waals surface area (Å²) in [7, 11) is 1.67. The molecule has 130 valence electrons. The summed E-state index contributed by atoms with van der Waals surface area (Å²) < 4.78 is 7.93. The molecule has 0 spiro atoms. The number of ether oxygens (including phenoxy) is 1. The number of carbonyl (C=O) groups excluding carboxylic acids is 1. The van der Waals surface area contributed by atoms with Gasteiger partial charge in [0.05, 0.1) is 17.3 Å². The fourth-order valence-electron chi connectivity index (χ4n) is 2.86. The van der Waals surface area contributed by atoms with Crippen LogP contribution in [0.15, 0.2) is 30.9 Å². The number of anilines is 1. The molecule has 1 aliphatic rings. The second-order valence-electron chi connectivity index (χ2n) is 5.79. The number of rotatable bonds is 4. The van der Waals surface area contributed by atoms with Gasteiger partial charge in [-0.1, -0.05) is 11.3 Å². The Balaban J connectivity index is 1.40. The predicted octanol–water partition coefficient (Wildman–Crippen LogP) is 1.25. The van der Waals surface area contributed by atoms with E-state index < -0.39 is 0 Å². The molecule has 0 N–H and O–H groups in total. The number of amides is 1.